The van der Waals surface area contributed by atoms with E-state index < -0.39 is 0 Å². The van der Waals surface area contributed by atoms with Gasteiger partial charge in [0.15, 0.2) is 0 Å². The average Bonchev–Trinajstić information content (AvgIpc) is 2.63. The van der Waals surface area contributed by atoms with Crippen LogP contribution in [0.3, 0.4) is 0 Å². The first-order valence-electron chi connectivity index (χ1n) is 10.4. The van der Waals surface area contributed by atoms with Gasteiger partial charge in [0.25, 0.3) is 0 Å². The van der Waals surface area contributed by atoms with Crippen molar-refractivity contribution in [3.05, 3.63) is 35.9 Å². The van der Waals surface area contributed by atoms with Gasteiger partial charge >= 0.3 is 0 Å². The lowest BCUT2D eigenvalue weighted by Gasteiger charge is -2.16. The zero-order chi connectivity index (χ0) is 17.3. The highest BCUT2D eigenvalue weighted by Crippen LogP contribution is 2.19. The second kappa shape index (κ2) is 15.7. The molecule has 24 heavy (non-hydrogen) atoms. The molecule has 3 N–H and O–H groups in total. The number of hydrogen-bond donors (Lipinski definition) is 2. The zero-order valence-corrected chi connectivity index (χ0v) is 15.9. The van der Waals surface area contributed by atoms with E-state index in [2.05, 4.69) is 42.7 Å². The van der Waals surface area contributed by atoms with E-state index in [4.69, 9.17) is 5.84 Å². The van der Waals surface area contributed by atoms with Crippen LogP contribution in [0.2, 0.25) is 0 Å². The third kappa shape index (κ3) is 10.8. The van der Waals surface area contributed by atoms with Crippen molar-refractivity contribution in [1.82, 2.24) is 5.43 Å². The highest BCUT2D eigenvalue weighted by atomic mass is 15.2. The number of rotatable bonds is 16. The van der Waals surface area contributed by atoms with Gasteiger partial charge in [-0.25, -0.2) is 0 Å². The summed E-state index contributed by atoms with van der Waals surface area (Å²) in [5, 5.41) is 0. The Balaban J connectivity index is 1.88. The molecule has 138 valence electrons. The average molecular weight is 333 g/mol. The van der Waals surface area contributed by atoms with Crippen molar-refractivity contribution in [2.75, 3.05) is 0 Å². The monoisotopic (exact) mass is 332 g/mol. The standard InChI is InChI=1S/C22H40N2/c1-2-3-4-5-6-7-8-9-10-11-12-13-17-20-22(24-23)21-18-15-14-16-19-21/h14-16,18-19,22,24H,2-13,17,20,23H2,1H3/t22-/m0/s1. The fraction of sp³-hybridized carbons (Fsp3) is 0.727. The van der Waals surface area contributed by atoms with Crippen LogP contribution in [0.1, 0.15) is 108 Å². The highest BCUT2D eigenvalue weighted by Gasteiger charge is 2.07. The molecule has 0 heterocycles. The van der Waals surface area contributed by atoms with Crippen LogP contribution in [0, 0.1) is 0 Å². The van der Waals surface area contributed by atoms with E-state index in [-0.39, 0.29) is 0 Å². The van der Waals surface area contributed by atoms with Crippen molar-refractivity contribution in [3.63, 3.8) is 0 Å². The number of unbranched alkanes of at least 4 members (excludes halogenated alkanes) is 12. The molecule has 1 aromatic carbocycles. The first-order chi connectivity index (χ1) is 11.9. The summed E-state index contributed by atoms with van der Waals surface area (Å²) in [5.41, 5.74) is 4.27. The number of benzene rings is 1. The maximum Gasteiger partial charge on any atom is 0.0460 e. The molecule has 0 fully saturated rings. The molecule has 0 amide bonds. The van der Waals surface area contributed by atoms with Gasteiger partial charge in [-0.2, -0.15) is 0 Å². The van der Waals surface area contributed by atoms with Crippen LogP contribution in [0.4, 0.5) is 0 Å². The third-order valence-electron chi connectivity index (χ3n) is 5.00. The van der Waals surface area contributed by atoms with E-state index >= 15 is 0 Å². The molecule has 2 heteroatoms. The Kier molecular flexibility index (Phi) is 13.8. The minimum atomic E-state index is 0.305. The molecule has 1 aromatic rings. The van der Waals surface area contributed by atoms with Crippen LogP contribution < -0.4 is 11.3 Å². The van der Waals surface area contributed by atoms with Gasteiger partial charge < -0.3 is 0 Å². The number of nitrogens with two attached hydrogens (primary N) is 1. The fourth-order valence-electron chi connectivity index (χ4n) is 3.40. The minimum absolute atomic E-state index is 0.305. The van der Waals surface area contributed by atoms with Crippen molar-refractivity contribution >= 4 is 0 Å². The second-order valence-electron chi connectivity index (χ2n) is 7.16. The van der Waals surface area contributed by atoms with E-state index in [1.54, 1.807) is 0 Å². The summed E-state index contributed by atoms with van der Waals surface area (Å²) in [7, 11) is 0. The summed E-state index contributed by atoms with van der Waals surface area (Å²) in [5.74, 6) is 5.70. The molecule has 0 saturated heterocycles. The lowest BCUT2D eigenvalue weighted by atomic mass is 10.00. The van der Waals surface area contributed by atoms with Crippen LogP contribution in [-0.2, 0) is 0 Å². The minimum Gasteiger partial charge on any atom is -0.271 e. The molecule has 0 saturated carbocycles. The Bertz CT molecular complexity index is 363. The largest absolute Gasteiger partial charge is 0.271 e. The number of nitrogens with one attached hydrogen (secondary N) is 1. The van der Waals surface area contributed by atoms with Crippen molar-refractivity contribution in [2.45, 2.75) is 103 Å². The summed E-state index contributed by atoms with van der Waals surface area (Å²) >= 11 is 0. The van der Waals surface area contributed by atoms with Gasteiger partial charge in [-0.3, -0.25) is 11.3 Å². The molecule has 0 unspecified atom stereocenters. The Morgan fingerprint density at radius 3 is 1.62 bits per heavy atom. The van der Waals surface area contributed by atoms with Gasteiger partial charge in [0.1, 0.15) is 0 Å². The van der Waals surface area contributed by atoms with Gasteiger partial charge in [-0.1, -0.05) is 121 Å². The summed E-state index contributed by atoms with van der Waals surface area (Å²) in [4.78, 5) is 0. The Morgan fingerprint density at radius 1 is 0.708 bits per heavy atom. The first-order valence-corrected chi connectivity index (χ1v) is 10.4. The topological polar surface area (TPSA) is 38.0 Å². The number of hydrazine groups is 1. The number of hydrogen-bond acceptors (Lipinski definition) is 2. The lowest BCUT2D eigenvalue weighted by molar-refractivity contribution is 0.473. The SMILES string of the molecule is CCCCCCCCCCCCCCC[C@H](NN)c1ccccc1. The molecule has 0 spiro atoms. The third-order valence-corrected chi connectivity index (χ3v) is 5.00. The van der Waals surface area contributed by atoms with E-state index in [1.165, 1.54) is 89.0 Å². The quantitative estimate of drug-likeness (QED) is 0.201. The summed E-state index contributed by atoms with van der Waals surface area (Å²) in [6.45, 7) is 2.29. The van der Waals surface area contributed by atoms with Crippen LogP contribution in [0.5, 0.6) is 0 Å². The highest BCUT2D eigenvalue weighted by molar-refractivity contribution is 5.18. The summed E-state index contributed by atoms with van der Waals surface area (Å²) < 4.78 is 0. The van der Waals surface area contributed by atoms with Crippen molar-refractivity contribution < 1.29 is 0 Å². The molecule has 0 aliphatic heterocycles. The molecule has 0 aromatic heterocycles. The van der Waals surface area contributed by atoms with Gasteiger partial charge in [0.2, 0.25) is 0 Å². The van der Waals surface area contributed by atoms with Gasteiger partial charge in [0.05, 0.1) is 0 Å². The van der Waals surface area contributed by atoms with E-state index in [0.29, 0.717) is 6.04 Å². The Hall–Kier alpha value is -0.860. The maximum atomic E-state index is 5.70. The molecule has 0 aliphatic rings. The lowest BCUT2D eigenvalue weighted by Crippen LogP contribution is -2.27. The Labute approximate surface area is 150 Å². The van der Waals surface area contributed by atoms with Crippen molar-refractivity contribution in [1.29, 1.82) is 0 Å². The van der Waals surface area contributed by atoms with Crippen LogP contribution in [0.15, 0.2) is 30.3 Å². The predicted octanol–water partition coefficient (Wildman–Crippen LogP) is 6.67. The molecule has 0 aliphatic carbocycles. The van der Waals surface area contributed by atoms with Crippen LogP contribution >= 0.6 is 0 Å². The molecular weight excluding hydrogens is 292 g/mol. The van der Waals surface area contributed by atoms with Gasteiger partial charge in [-0.15, -0.1) is 0 Å². The normalized spacial score (nSPS) is 12.4. The summed E-state index contributed by atoms with van der Waals surface area (Å²) in [6, 6.07) is 10.9. The fourth-order valence-corrected chi connectivity index (χ4v) is 3.40. The van der Waals surface area contributed by atoms with E-state index in [9.17, 15) is 0 Å². The molecular formula is C22H40N2. The molecule has 2 nitrogen and oxygen atoms in total. The Morgan fingerprint density at radius 2 is 1.17 bits per heavy atom. The zero-order valence-electron chi connectivity index (χ0n) is 15.9. The van der Waals surface area contributed by atoms with Crippen molar-refractivity contribution in [2.24, 2.45) is 5.84 Å². The smallest absolute Gasteiger partial charge is 0.0460 e. The molecule has 1 atom stereocenters. The maximum absolute atomic E-state index is 5.70. The van der Waals surface area contributed by atoms with Gasteiger partial charge in [-0.05, 0) is 12.0 Å². The van der Waals surface area contributed by atoms with E-state index in [1.807, 2.05) is 0 Å². The van der Waals surface area contributed by atoms with Crippen LogP contribution in [0.25, 0.3) is 0 Å². The molecule has 0 radical (unpaired) electrons. The predicted molar refractivity (Wildman–Crippen MR) is 107 cm³/mol. The first kappa shape index (κ1) is 21.2. The van der Waals surface area contributed by atoms with Crippen LogP contribution in [-0.4, -0.2) is 0 Å². The molecule has 0 bridgehead atoms. The summed E-state index contributed by atoms with van der Waals surface area (Å²) in [6.07, 6.45) is 19.4. The van der Waals surface area contributed by atoms with E-state index in [0.717, 1.165) is 6.42 Å². The second-order valence-corrected chi connectivity index (χ2v) is 7.16. The van der Waals surface area contributed by atoms with Crippen molar-refractivity contribution in [3.8, 4) is 0 Å². The molecule has 1 rings (SSSR count). The van der Waals surface area contributed by atoms with Gasteiger partial charge in [0, 0.05) is 6.04 Å².